The molecule has 0 unspecified atom stereocenters. The van der Waals surface area contributed by atoms with Crippen LogP contribution in [0.1, 0.15) is 16.1 Å². The molecular weight excluding hydrogens is 310 g/mol. The van der Waals surface area contributed by atoms with E-state index in [4.69, 9.17) is 9.47 Å². The number of methoxy groups -OCH3 is 2. The van der Waals surface area contributed by atoms with Crippen LogP contribution in [-0.2, 0) is 6.54 Å². The Balaban J connectivity index is 1.91. The molecule has 0 aliphatic rings. The first-order valence-corrected chi connectivity index (χ1v) is 7.28. The van der Waals surface area contributed by atoms with E-state index in [0.717, 1.165) is 5.56 Å². The average molecular weight is 327 g/mol. The second-order valence-electron chi connectivity index (χ2n) is 5.09. The summed E-state index contributed by atoms with van der Waals surface area (Å²) in [4.78, 5) is 15.7. The number of pyridine rings is 1. The second-order valence-corrected chi connectivity index (χ2v) is 5.09. The van der Waals surface area contributed by atoms with Gasteiger partial charge in [0.05, 0.1) is 19.9 Å². The highest BCUT2D eigenvalue weighted by atomic mass is 16.5. The monoisotopic (exact) mass is 327 g/mol. The van der Waals surface area contributed by atoms with Gasteiger partial charge in [0.15, 0.2) is 5.69 Å². The van der Waals surface area contributed by atoms with Crippen LogP contribution in [0.5, 0.6) is 11.5 Å². The van der Waals surface area contributed by atoms with E-state index in [9.17, 15) is 9.90 Å². The molecule has 0 aliphatic carbocycles. The van der Waals surface area contributed by atoms with Crippen molar-refractivity contribution >= 4 is 17.3 Å². The molecule has 0 amide bonds. The minimum absolute atomic E-state index is 0.137. The first-order valence-electron chi connectivity index (χ1n) is 7.28. The van der Waals surface area contributed by atoms with E-state index >= 15 is 0 Å². The third-order valence-electron chi connectivity index (χ3n) is 3.73. The van der Waals surface area contributed by atoms with Gasteiger partial charge in [-0.3, -0.25) is 4.40 Å². The van der Waals surface area contributed by atoms with Gasteiger partial charge in [0.2, 0.25) is 0 Å². The van der Waals surface area contributed by atoms with Gasteiger partial charge in [-0.15, -0.1) is 0 Å². The lowest BCUT2D eigenvalue weighted by molar-refractivity contribution is 0.0690. The Kier molecular flexibility index (Phi) is 4.24. The fourth-order valence-electron chi connectivity index (χ4n) is 2.54. The summed E-state index contributed by atoms with van der Waals surface area (Å²) in [5, 5.41) is 12.7. The highest BCUT2D eigenvalue weighted by Gasteiger charge is 2.15. The van der Waals surface area contributed by atoms with Crippen molar-refractivity contribution in [1.29, 1.82) is 0 Å². The number of benzene rings is 1. The van der Waals surface area contributed by atoms with Crippen molar-refractivity contribution in [2.45, 2.75) is 6.54 Å². The molecule has 2 aromatic heterocycles. The zero-order valence-corrected chi connectivity index (χ0v) is 13.3. The summed E-state index contributed by atoms with van der Waals surface area (Å²) in [7, 11) is 3.17. The van der Waals surface area contributed by atoms with Gasteiger partial charge in [0.25, 0.3) is 0 Å². The largest absolute Gasteiger partial charge is 0.497 e. The number of ether oxygens (including phenoxy) is 2. The number of imidazole rings is 1. The summed E-state index contributed by atoms with van der Waals surface area (Å²) >= 11 is 0. The molecule has 2 N–H and O–H groups in total. The van der Waals surface area contributed by atoms with Crippen molar-refractivity contribution in [3.05, 3.63) is 54.0 Å². The number of carbonyl (C=O) groups is 1. The highest BCUT2D eigenvalue weighted by molar-refractivity contribution is 5.93. The van der Waals surface area contributed by atoms with Gasteiger partial charge in [0.1, 0.15) is 17.1 Å². The number of anilines is 1. The van der Waals surface area contributed by atoms with Gasteiger partial charge in [-0.1, -0.05) is 0 Å². The molecule has 0 aliphatic heterocycles. The first kappa shape index (κ1) is 15.7. The van der Waals surface area contributed by atoms with E-state index in [0.29, 0.717) is 29.4 Å². The normalized spacial score (nSPS) is 10.6. The van der Waals surface area contributed by atoms with Gasteiger partial charge in [-0.2, -0.15) is 0 Å². The van der Waals surface area contributed by atoms with Crippen LogP contribution in [0.4, 0.5) is 5.69 Å². The predicted molar refractivity (Wildman–Crippen MR) is 89.0 cm³/mol. The molecule has 3 aromatic rings. The van der Waals surface area contributed by atoms with Crippen LogP contribution in [0, 0.1) is 0 Å². The fraction of sp³-hybridized carbons (Fsp3) is 0.176. The van der Waals surface area contributed by atoms with Crippen molar-refractivity contribution in [1.82, 2.24) is 9.38 Å². The number of aromatic carboxylic acids is 1. The maximum absolute atomic E-state index is 11.6. The minimum Gasteiger partial charge on any atom is -0.497 e. The number of nitrogens with one attached hydrogen (secondary N) is 1. The molecule has 2 heterocycles. The lowest BCUT2D eigenvalue weighted by Crippen LogP contribution is -2.11. The van der Waals surface area contributed by atoms with E-state index in [2.05, 4.69) is 10.3 Å². The van der Waals surface area contributed by atoms with Crippen molar-refractivity contribution < 1.29 is 19.4 Å². The van der Waals surface area contributed by atoms with Crippen molar-refractivity contribution in [2.75, 3.05) is 19.5 Å². The molecular formula is C17H17N3O4. The van der Waals surface area contributed by atoms with E-state index in [1.165, 1.54) is 4.40 Å². The van der Waals surface area contributed by atoms with E-state index < -0.39 is 5.97 Å². The summed E-state index contributed by atoms with van der Waals surface area (Å²) in [5.41, 5.74) is 2.11. The van der Waals surface area contributed by atoms with Crippen LogP contribution in [0.2, 0.25) is 0 Å². The molecule has 0 saturated heterocycles. The first-order chi connectivity index (χ1) is 11.6. The van der Waals surface area contributed by atoms with Gasteiger partial charge in [-0.05, 0) is 24.3 Å². The number of fused-ring (bicyclic) bond motifs is 1. The third kappa shape index (κ3) is 2.83. The second kappa shape index (κ2) is 6.49. The number of hydrogen-bond acceptors (Lipinski definition) is 5. The summed E-state index contributed by atoms with van der Waals surface area (Å²) < 4.78 is 12.1. The van der Waals surface area contributed by atoms with Gasteiger partial charge < -0.3 is 19.9 Å². The van der Waals surface area contributed by atoms with Gasteiger partial charge in [-0.25, -0.2) is 9.78 Å². The van der Waals surface area contributed by atoms with Gasteiger partial charge >= 0.3 is 5.97 Å². The average Bonchev–Trinajstić information content (AvgIpc) is 3.07. The van der Waals surface area contributed by atoms with Crippen LogP contribution < -0.4 is 14.8 Å². The Morgan fingerprint density at radius 1 is 1.25 bits per heavy atom. The molecule has 7 nitrogen and oxygen atoms in total. The Morgan fingerprint density at radius 2 is 2.08 bits per heavy atom. The quantitative estimate of drug-likeness (QED) is 0.724. The predicted octanol–water partition coefficient (Wildman–Crippen LogP) is 2.66. The van der Waals surface area contributed by atoms with E-state index in [-0.39, 0.29) is 5.69 Å². The van der Waals surface area contributed by atoms with Crippen molar-refractivity contribution in [3.8, 4) is 11.5 Å². The van der Waals surface area contributed by atoms with Crippen LogP contribution in [-0.4, -0.2) is 34.7 Å². The molecule has 0 saturated carbocycles. The number of carboxylic acids is 1. The van der Waals surface area contributed by atoms with Crippen LogP contribution in [0.15, 0.2) is 42.7 Å². The Hall–Kier alpha value is -3.22. The number of carboxylic acid groups (broad SMARTS) is 1. The molecule has 0 spiro atoms. The summed E-state index contributed by atoms with van der Waals surface area (Å²) in [6.45, 7) is 0.410. The zero-order valence-electron chi connectivity index (χ0n) is 13.3. The molecule has 3 rings (SSSR count). The summed E-state index contributed by atoms with van der Waals surface area (Å²) in [6, 6.07) is 8.97. The summed E-state index contributed by atoms with van der Waals surface area (Å²) in [6.07, 6.45) is 3.19. The highest BCUT2D eigenvalue weighted by Crippen LogP contribution is 2.26. The van der Waals surface area contributed by atoms with Crippen molar-refractivity contribution in [3.63, 3.8) is 0 Å². The SMILES string of the molecule is COc1ccc(CNc2ccc3nccn3c2C(=O)O)c(OC)c1. The number of nitrogens with zero attached hydrogens (tertiary/aromatic N) is 2. The molecule has 1 aromatic carbocycles. The smallest absolute Gasteiger partial charge is 0.355 e. The zero-order chi connectivity index (χ0) is 17.1. The van der Waals surface area contributed by atoms with Crippen LogP contribution in [0.25, 0.3) is 5.65 Å². The third-order valence-corrected chi connectivity index (χ3v) is 3.73. The maximum atomic E-state index is 11.6. The molecule has 124 valence electrons. The maximum Gasteiger partial charge on any atom is 0.355 e. The van der Waals surface area contributed by atoms with Crippen molar-refractivity contribution in [2.24, 2.45) is 0 Å². The summed E-state index contributed by atoms with van der Waals surface area (Å²) in [5.74, 6) is 0.340. The van der Waals surface area contributed by atoms with E-state index in [1.54, 1.807) is 44.8 Å². The fourth-order valence-corrected chi connectivity index (χ4v) is 2.54. The molecule has 24 heavy (non-hydrogen) atoms. The molecule has 0 bridgehead atoms. The molecule has 0 fully saturated rings. The molecule has 7 heteroatoms. The Bertz CT molecular complexity index is 889. The standard InChI is InChI=1S/C17H17N3O4/c1-23-12-4-3-11(14(9-12)24-2)10-19-13-5-6-15-18-7-8-20(15)16(13)17(21)22/h3-9,19H,10H2,1-2H3,(H,21,22). The van der Waals surface area contributed by atoms with Gasteiger partial charge in [0, 0.05) is 30.6 Å². The molecule has 0 radical (unpaired) electrons. The van der Waals surface area contributed by atoms with Crippen LogP contribution in [0.3, 0.4) is 0 Å². The lowest BCUT2D eigenvalue weighted by Gasteiger charge is -2.14. The Morgan fingerprint density at radius 3 is 2.79 bits per heavy atom. The number of rotatable bonds is 6. The number of aromatic nitrogens is 2. The minimum atomic E-state index is -1.03. The molecule has 0 atom stereocenters. The Labute approximate surface area is 138 Å². The topological polar surface area (TPSA) is 85.1 Å². The lowest BCUT2D eigenvalue weighted by atomic mass is 10.1. The number of hydrogen-bond donors (Lipinski definition) is 2. The van der Waals surface area contributed by atoms with Crippen LogP contribution >= 0.6 is 0 Å². The van der Waals surface area contributed by atoms with E-state index in [1.807, 2.05) is 12.1 Å².